The van der Waals surface area contributed by atoms with Crippen LogP contribution in [0, 0.1) is 25.2 Å². The fourth-order valence-corrected chi connectivity index (χ4v) is 1.51. The molecule has 0 aliphatic carbocycles. The van der Waals surface area contributed by atoms with Gasteiger partial charge in [-0.25, -0.2) is 4.98 Å². The van der Waals surface area contributed by atoms with E-state index < -0.39 is 0 Å². The lowest BCUT2D eigenvalue weighted by atomic mass is 10.1. The van der Waals surface area contributed by atoms with Crippen LogP contribution in [0.15, 0.2) is 24.4 Å². The summed E-state index contributed by atoms with van der Waals surface area (Å²) in [5.74, 6) is 0.591. The molecule has 1 aromatic heterocycles. The van der Waals surface area contributed by atoms with Crippen molar-refractivity contribution < 1.29 is 4.74 Å². The summed E-state index contributed by atoms with van der Waals surface area (Å²) in [4.78, 5) is 7.90. The first kappa shape index (κ1) is 11.9. The number of aromatic nitrogens is 2. The molecule has 5 nitrogen and oxygen atoms in total. The van der Waals surface area contributed by atoms with Crippen molar-refractivity contribution in [3.05, 3.63) is 41.2 Å². The Morgan fingerprint density at radius 3 is 2.78 bits per heavy atom. The van der Waals surface area contributed by atoms with Gasteiger partial charge in [0.15, 0.2) is 0 Å². The molecule has 1 aromatic carbocycles. The molecule has 0 saturated heterocycles. The predicted molar refractivity (Wildman–Crippen MR) is 67.1 cm³/mol. The Kier molecular flexibility index (Phi) is 3.11. The maximum Gasteiger partial charge on any atom is 0.323 e. The molecule has 0 bridgehead atoms. The average molecular weight is 240 g/mol. The van der Waals surface area contributed by atoms with Gasteiger partial charge in [0, 0.05) is 18.0 Å². The Labute approximate surface area is 105 Å². The normalized spacial score (nSPS) is 9.83. The molecular weight excluding hydrogens is 228 g/mol. The number of rotatable bonds is 2. The van der Waals surface area contributed by atoms with Gasteiger partial charge in [-0.2, -0.15) is 10.2 Å². The van der Waals surface area contributed by atoms with E-state index in [1.165, 1.54) is 12.3 Å². The second-order valence-corrected chi connectivity index (χ2v) is 3.91. The van der Waals surface area contributed by atoms with Crippen molar-refractivity contribution in [2.24, 2.45) is 0 Å². The van der Waals surface area contributed by atoms with Gasteiger partial charge in [0.2, 0.25) is 0 Å². The zero-order valence-electron chi connectivity index (χ0n) is 10.1. The number of ether oxygens (including phenoxy) is 1. The van der Waals surface area contributed by atoms with Crippen LogP contribution in [0.2, 0.25) is 0 Å². The third-order valence-corrected chi connectivity index (χ3v) is 2.51. The van der Waals surface area contributed by atoms with Crippen LogP contribution in [0.4, 0.5) is 5.69 Å². The Morgan fingerprint density at radius 2 is 2.06 bits per heavy atom. The molecule has 0 spiro atoms. The average Bonchev–Trinajstić information content (AvgIpc) is 2.36. The molecule has 0 aliphatic rings. The third kappa shape index (κ3) is 2.38. The third-order valence-electron chi connectivity index (χ3n) is 2.51. The quantitative estimate of drug-likeness (QED) is 0.814. The second-order valence-electron chi connectivity index (χ2n) is 3.91. The number of anilines is 1. The summed E-state index contributed by atoms with van der Waals surface area (Å²) in [6.45, 7) is 3.84. The van der Waals surface area contributed by atoms with Gasteiger partial charge in [-0.15, -0.1) is 0 Å². The van der Waals surface area contributed by atoms with Crippen molar-refractivity contribution in [2.45, 2.75) is 13.8 Å². The molecule has 0 atom stereocenters. The molecule has 2 rings (SSSR count). The molecule has 2 aromatic rings. The molecule has 0 unspecified atom stereocenters. The zero-order chi connectivity index (χ0) is 13.1. The Morgan fingerprint density at radius 1 is 1.28 bits per heavy atom. The summed E-state index contributed by atoms with van der Waals surface area (Å²) in [7, 11) is 0. The molecule has 0 aliphatic heterocycles. The smallest absolute Gasteiger partial charge is 0.323 e. The van der Waals surface area contributed by atoms with Crippen LogP contribution in [0.3, 0.4) is 0 Å². The second kappa shape index (κ2) is 4.72. The van der Waals surface area contributed by atoms with E-state index in [1.54, 1.807) is 6.07 Å². The minimum absolute atomic E-state index is 0.139. The molecular formula is C13H12N4O. The van der Waals surface area contributed by atoms with Gasteiger partial charge in [0.05, 0.1) is 0 Å². The van der Waals surface area contributed by atoms with Crippen LogP contribution in [0.25, 0.3) is 0 Å². The topological polar surface area (TPSA) is 84.8 Å². The minimum atomic E-state index is 0.139. The lowest BCUT2D eigenvalue weighted by Gasteiger charge is -2.09. The first-order valence-electron chi connectivity index (χ1n) is 5.38. The summed E-state index contributed by atoms with van der Waals surface area (Å²) in [6.07, 6.45) is 1.48. The SMILES string of the molecule is Cc1cc(C)c(Oc2nccc(C#N)n2)cc1N. The lowest BCUT2D eigenvalue weighted by molar-refractivity contribution is 0.438. The summed E-state index contributed by atoms with van der Waals surface area (Å²) < 4.78 is 5.53. The fraction of sp³-hybridized carbons (Fsp3) is 0.154. The van der Waals surface area contributed by atoms with Crippen LogP contribution in [0.5, 0.6) is 11.8 Å². The van der Waals surface area contributed by atoms with Gasteiger partial charge in [-0.1, -0.05) is 6.07 Å². The van der Waals surface area contributed by atoms with Crippen molar-refractivity contribution in [2.75, 3.05) is 5.73 Å². The highest BCUT2D eigenvalue weighted by molar-refractivity contribution is 5.54. The van der Waals surface area contributed by atoms with Gasteiger partial charge in [0.25, 0.3) is 0 Å². The van der Waals surface area contributed by atoms with Gasteiger partial charge in [0.1, 0.15) is 17.5 Å². The monoisotopic (exact) mass is 240 g/mol. The number of benzene rings is 1. The highest BCUT2D eigenvalue weighted by Crippen LogP contribution is 2.27. The molecule has 0 radical (unpaired) electrons. The summed E-state index contributed by atoms with van der Waals surface area (Å²) >= 11 is 0. The van der Waals surface area contributed by atoms with Crippen LogP contribution >= 0.6 is 0 Å². The van der Waals surface area contributed by atoms with Crippen molar-refractivity contribution >= 4 is 5.69 Å². The maximum atomic E-state index is 8.75. The Bertz CT molecular complexity index is 631. The van der Waals surface area contributed by atoms with Crippen molar-refractivity contribution in [1.82, 2.24) is 9.97 Å². The highest BCUT2D eigenvalue weighted by Gasteiger charge is 2.07. The number of hydrogen-bond acceptors (Lipinski definition) is 5. The number of hydrogen-bond donors (Lipinski definition) is 1. The first-order valence-corrected chi connectivity index (χ1v) is 5.38. The number of aryl methyl sites for hydroxylation is 2. The first-order chi connectivity index (χ1) is 8.60. The van der Waals surface area contributed by atoms with Crippen LogP contribution in [-0.2, 0) is 0 Å². The molecule has 5 heteroatoms. The Hall–Kier alpha value is -2.61. The maximum absolute atomic E-state index is 8.75. The molecule has 1 heterocycles. The summed E-state index contributed by atoms with van der Waals surface area (Å²) in [5, 5.41) is 8.75. The molecule has 0 saturated carbocycles. The van der Waals surface area contributed by atoms with Crippen molar-refractivity contribution in [3.8, 4) is 17.8 Å². The lowest BCUT2D eigenvalue weighted by Crippen LogP contribution is -1.97. The van der Waals surface area contributed by atoms with E-state index in [-0.39, 0.29) is 11.7 Å². The van der Waals surface area contributed by atoms with Crippen LogP contribution in [-0.4, -0.2) is 9.97 Å². The van der Waals surface area contributed by atoms with E-state index in [9.17, 15) is 0 Å². The van der Waals surface area contributed by atoms with Gasteiger partial charge in [-0.3, -0.25) is 0 Å². The standard InChI is InChI=1S/C13H12N4O/c1-8-5-9(2)12(6-11(8)15)18-13-16-4-3-10(7-14)17-13/h3-6H,15H2,1-2H3. The zero-order valence-corrected chi connectivity index (χ0v) is 10.1. The van der Waals surface area contributed by atoms with Gasteiger partial charge < -0.3 is 10.5 Å². The Balaban J connectivity index is 2.34. The molecule has 0 amide bonds. The number of nitrogens with two attached hydrogens (primary N) is 1. The fourth-order valence-electron chi connectivity index (χ4n) is 1.51. The predicted octanol–water partition coefficient (Wildman–Crippen LogP) is 2.34. The molecule has 0 fully saturated rings. The number of nitrogen functional groups attached to an aromatic ring is 1. The van der Waals surface area contributed by atoms with E-state index in [1.807, 2.05) is 26.0 Å². The minimum Gasteiger partial charge on any atom is -0.424 e. The summed E-state index contributed by atoms with van der Waals surface area (Å²) in [5.41, 5.74) is 8.66. The molecule has 90 valence electrons. The van der Waals surface area contributed by atoms with E-state index >= 15 is 0 Å². The van der Waals surface area contributed by atoms with Crippen LogP contribution in [0.1, 0.15) is 16.8 Å². The van der Waals surface area contributed by atoms with E-state index in [4.69, 9.17) is 15.7 Å². The van der Waals surface area contributed by atoms with Crippen molar-refractivity contribution in [1.29, 1.82) is 5.26 Å². The summed E-state index contributed by atoms with van der Waals surface area (Å²) in [6, 6.07) is 7.25. The van der Waals surface area contributed by atoms with Crippen molar-refractivity contribution in [3.63, 3.8) is 0 Å². The van der Waals surface area contributed by atoms with E-state index in [0.717, 1.165) is 11.1 Å². The number of nitrogens with zero attached hydrogens (tertiary/aromatic N) is 3. The van der Waals surface area contributed by atoms with E-state index in [0.29, 0.717) is 11.4 Å². The van der Waals surface area contributed by atoms with Gasteiger partial charge >= 0.3 is 6.01 Å². The van der Waals surface area contributed by atoms with Gasteiger partial charge in [-0.05, 0) is 31.0 Å². The van der Waals surface area contributed by atoms with Crippen LogP contribution < -0.4 is 10.5 Å². The molecule has 18 heavy (non-hydrogen) atoms. The van der Waals surface area contributed by atoms with E-state index in [2.05, 4.69) is 9.97 Å². The largest absolute Gasteiger partial charge is 0.424 e. The number of nitriles is 1. The molecule has 2 N–H and O–H groups in total. The highest BCUT2D eigenvalue weighted by atomic mass is 16.5.